The van der Waals surface area contributed by atoms with Crippen molar-refractivity contribution in [1.29, 1.82) is 0 Å². The first-order valence-electron chi connectivity index (χ1n) is 8.58. The predicted octanol–water partition coefficient (Wildman–Crippen LogP) is 3.71. The summed E-state index contributed by atoms with van der Waals surface area (Å²) in [6, 6.07) is 7.59. The monoisotopic (exact) mass is 380 g/mol. The van der Waals surface area contributed by atoms with E-state index in [9.17, 15) is 22.8 Å². The maximum absolute atomic E-state index is 12.8. The molecule has 0 spiro atoms. The Morgan fingerprint density at radius 2 is 1.85 bits per heavy atom. The van der Waals surface area contributed by atoms with Crippen molar-refractivity contribution in [3.8, 4) is 11.3 Å². The second kappa shape index (κ2) is 7.46. The van der Waals surface area contributed by atoms with Crippen molar-refractivity contribution < 1.29 is 27.2 Å². The van der Waals surface area contributed by atoms with Crippen LogP contribution in [0.2, 0.25) is 0 Å². The quantitative estimate of drug-likeness (QED) is 0.883. The summed E-state index contributed by atoms with van der Waals surface area (Å²) in [7, 11) is 0. The Kier molecular flexibility index (Phi) is 5.25. The number of furan rings is 1. The molecule has 3 rings (SSSR count). The number of alkyl halides is 3. The summed E-state index contributed by atoms with van der Waals surface area (Å²) >= 11 is 0. The van der Waals surface area contributed by atoms with E-state index in [1.54, 1.807) is 4.90 Å². The topological polar surface area (TPSA) is 62.6 Å². The number of nitrogens with zero attached hydrogens (tertiary/aromatic N) is 1. The van der Waals surface area contributed by atoms with E-state index in [4.69, 9.17) is 4.42 Å². The number of carbonyl (C=O) groups is 2. The summed E-state index contributed by atoms with van der Waals surface area (Å²) in [4.78, 5) is 25.4. The van der Waals surface area contributed by atoms with Gasteiger partial charge in [0.05, 0.1) is 5.56 Å². The molecule has 0 saturated carbocycles. The summed E-state index contributed by atoms with van der Waals surface area (Å²) in [5.74, 6) is -0.180. The first-order valence-corrected chi connectivity index (χ1v) is 8.58. The van der Waals surface area contributed by atoms with Crippen LogP contribution in [0.25, 0.3) is 11.3 Å². The third-order valence-corrected chi connectivity index (χ3v) is 4.58. The molecule has 8 heteroatoms. The minimum Gasteiger partial charge on any atom is -0.451 e. The summed E-state index contributed by atoms with van der Waals surface area (Å²) in [6.07, 6.45) is -3.16. The molecule has 5 nitrogen and oxygen atoms in total. The van der Waals surface area contributed by atoms with E-state index in [1.807, 2.05) is 0 Å². The molecule has 1 aromatic carbocycles. The zero-order valence-corrected chi connectivity index (χ0v) is 14.7. The Morgan fingerprint density at radius 3 is 2.48 bits per heavy atom. The van der Waals surface area contributed by atoms with Crippen LogP contribution in [0.5, 0.6) is 0 Å². The van der Waals surface area contributed by atoms with E-state index in [2.05, 4.69) is 5.32 Å². The van der Waals surface area contributed by atoms with E-state index in [1.165, 1.54) is 31.2 Å². The highest BCUT2D eigenvalue weighted by Gasteiger charge is 2.30. The molecule has 0 unspecified atom stereocenters. The summed E-state index contributed by atoms with van der Waals surface area (Å²) in [5, 5.41) is 2.84. The van der Waals surface area contributed by atoms with Crippen LogP contribution in [0, 0.1) is 0 Å². The van der Waals surface area contributed by atoms with Gasteiger partial charge in [0.15, 0.2) is 5.76 Å². The first kappa shape index (κ1) is 19.0. The van der Waals surface area contributed by atoms with Crippen molar-refractivity contribution in [1.82, 2.24) is 10.2 Å². The molecule has 1 fully saturated rings. The molecule has 144 valence electrons. The first-order chi connectivity index (χ1) is 12.7. The Bertz CT molecular complexity index is 837. The van der Waals surface area contributed by atoms with Crippen LogP contribution in [0.3, 0.4) is 0 Å². The van der Waals surface area contributed by atoms with Crippen molar-refractivity contribution in [3.63, 3.8) is 0 Å². The highest BCUT2D eigenvalue weighted by Crippen LogP contribution is 2.32. The van der Waals surface area contributed by atoms with Crippen LogP contribution in [-0.2, 0) is 11.0 Å². The molecule has 1 aromatic heterocycles. The highest BCUT2D eigenvalue weighted by atomic mass is 19.4. The van der Waals surface area contributed by atoms with Gasteiger partial charge in [-0.05, 0) is 37.1 Å². The minimum absolute atomic E-state index is 0.0107. The van der Waals surface area contributed by atoms with Gasteiger partial charge in [0, 0.05) is 31.6 Å². The van der Waals surface area contributed by atoms with Gasteiger partial charge in [-0.1, -0.05) is 12.1 Å². The van der Waals surface area contributed by atoms with Gasteiger partial charge in [-0.15, -0.1) is 0 Å². The molecule has 2 amide bonds. The zero-order chi connectivity index (χ0) is 19.6. The molecular formula is C19H19F3N2O3. The number of benzene rings is 1. The van der Waals surface area contributed by atoms with E-state index < -0.39 is 17.6 Å². The maximum Gasteiger partial charge on any atom is 0.416 e. The van der Waals surface area contributed by atoms with Crippen LogP contribution in [-0.4, -0.2) is 35.8 Å². The Balaban J connectivity index is 1.66. The van der Waals surface area contributed by atoms with Gasteiger partial charge in [0.1, 0.15) is 5.76 Å². The van der Waals surface area contributed by atoms with Gasteiger partial charge in [-0.2, -0.15) is 13.2 Å². The third-order valence-electron chi connectivity index (χ3n) is 4.58. The van der Waals surface area contributed by atoms with E-state index in [0.29, 0.717) is 25.9 Å². The number of halogens is 3. The molecule has 0 radical (unpaired) electrons. The van der Waals surface area contributed by atoms with Gasteiger partial charge in [-0.25, -0.2) is 0 Å². The Labute approximate surface area is 154 Å². The van der Waals surface area contributed by atoms with Gasteiger partial charge in [0.2, 0.25) is 5.91 Å². The molecule has 1 saturated heterocycles. The second-order valence-corrected chi connectivity index (χ2v) is 6.50. The number of likely N-dealkylation sites (tertiary alicyclic amines) is 1. The third kappa shape index (κ3) is 4.50. The summed E-state index contributed by atoms with van der Waals surface area (Å²) in [5.41, 5.74) is -0.529. The van der Waals surface area contributed by atoms with E-state index in [0.717, 1.165) is 12.1 Å². The fourth-order valence-electron chi connectivity index (χ4n) is 3.06. The van der Waals surface area contributed by atoms with Crippen LogP contribution >= 0.6 is 0 Å². The van der Waals surface area contributed by atoms with Gasteiger partial charge < -0.3 is 14.6 Å². The minimum atomic E-state index is -4.45. The molecule has 1 N–H and O–H groups in total. The van der Waals surface area contributed by atoms with Crippen molar-refractivity contribution >= 4 is 11.8 Å². The number of carbonyl (C=O) groups excluding carboxylic acids is 2. The van der Waals surface area contributed by atoms with Gasteiger partial charge in [0.25, 0.3) is 5.91 Å². The number of hydrogen-bond donors (Lipinski definition) is 1. The lowest BCUT2D eigenvalue weighted by atomic mass is 10.0. The van der Waals surface area contributed by atoms with Crippen LogP contribution in [0.1, 0.15) is 35.9 Å². The smallest absolute Gasteiger partial charge is 0.416 e. The van der Waals surface area contributed by atoms with E-state index >= 15 is 0 Å². The molecule has 2 heterocycles. The lowest BCUT2D eigenvalue weighted by molar-refractivity contribution is -0.137. The molecule has 0 bridgehead atoms. The lowest BCUT2D eigenvalue weighted by Gasteiger charge is -2.31. The van der Waals surface area contributed by atoms with Crippen molar-refractivity contribution in [2.24, 2.45) is 0 Å². The largest absolute Gasteiger partial charge is 0.451 e. The maximum atomic E-state index is 12.8. The highest BCUT2D eigenvalue weighted by molar-refractivity contribution is 5.92. The number of amides is 2. The standard InChI is InChI=1S/C19H19F3N2O3/c1-12(25)24-9-7-15(8-10-24)23-18(26)17-6-5-16(27-17)13-3-2-4-14(11-13)19(20,21)22/h2-6,11,15H,7-10H2,1H3,(H,23,26). The molecule has 2 aromatic rings. The SMILES string of the molecule is CC(=O)N1CCC(NC(=O)c2ccc(-c3cccc(C(F)(F)F)c3)o2)CC1. The average molecular weight is 380 g/mol. The normalized spacial score (nSPS) is 15.6. The fourth-order valence-corrected chi connectivity index (χ4v) is 3.06. The van der Waals surface area contributed by atoms with Gasteiger partial charge in [-0.3, -0.25) is 9.59 Å². The number of hydrogen-bond acceptors (Lipinski definition) is 3. The van der Waals surface area contributed by atoms with E-state index in [-0.39, 0.29) is 29.0 Å². The molecule has 1 aliphatic rings. The predicted molar refractivity (Wildman–Crippen MR) is 91.9 cm³/mol. The number of piperidine rings is 1. The summed E-state index contributed by atoms with van der Waals surface area (Å²) in [6.45, 7) is 2.67. The van der Waals surface area contributed by atoms with Crippen molar-refractivity contribution in [3.05, 3.63) is 47.7 Å². The van der Waals surface area contributed by atoms with Crippen molar-refractivity contribution in [2.75, 3.05) is 13.1 Å². The van der Waals surface area contributed by atoms with Crippen LogP contribution < -0.4 is 5.32 Å². The van der Waals surface area contributed by atoms with Gasteiger partial charge >= 0.3 is 6.18 Å². The van der Waals surface area contributed by atoms with Crippen molar-refractivity contribution in [2.45, 2.75) is 32.0 Å². The lowest BCUT2D eigenvalue weighted by Crippen LogP contribution is -2.45. The average Bonchev–Trinajstić information content (AvgIpc) is 3.12. The number of rotatable bonds is 3. The molecule has 27 heavy (non-hydrogen) atoms. The Hall–Kier alpha value is -2.77. The van der Waals surface area contributed by atoms with Crippen LogP contribution in [0.4, 0.5) is 13.2 Å². The zero-order valence-electron chi connectivity index (χ0n) is 14.7. The molecular weight excluding hydrogens is 361 g/mol. The fraction of sp³-hybridized carbons (Fsp3) is 0.368. The van der Waals surface area contributed by atoms with Crippen LogP contribution in [0.15, 0.2) is 40.8 Å². The Morgan fingerprint density at radius 1 is 1.15 bits per heavy atom. The second-order valence-electron chi connectivity index (χ2n) is 6.50. The molecule has 1 aliphatic heterocycles. The number of nitrogens with one attached hydrogen (secondary N) is 1. The molecule has 0 aliphatic carbocycles. The summed E-state index contributed by atoms with van der Waals surface area (Å²) < 4.78 is 44.0. The molecule has 0 atom stereocenters.